The molecule has 0 aliphatic carbocycles. The summed E-state index contributed by atoms with van der Waals surface area (Å²) in [7, 11) is 0. The molecule has 2 rings (SSSR count). The predicted octanol–water partition coefficient (Wildman–Crippen LogP) is 2.60. The third kappa shape index (κ3) is 4.07. The van der Waals surface area contributed by atoms with Crippen LogP contribution in [0.25, 0.3) is 0 Å². The summed E-state index contributed by atoms with van der Waals surface area (Å²) >= 11 is 0. The summed E-state index contributed by atoms with van der Waals surface area (Å²) in [4.78, 5) is 14.3. The third-order valence-corrected chi connectivity index (χ3v) is 3.20. The molecule has 0 radical (unpaired) electrons. The smallest absolute Gasteiger partial charge is 0.418 e. The highest BCUT2D eigenvalue weighted by molar-refractivity contribution is 5.88. The first kappa shape index (κ1) is 15.6. The minimum absolute atomic E-state index is 0.134. The Morgan fingerprint density at radius 3 is 2.67 bits per heavy atom. The van der Waals surface area contributed by atoms with Crippen LogP contribution in [-0.2, 0) is 10.9 Å². The number of aromatic nitrogens is 1. The molecule has 1 saturated heterocycles. The molecule has 1 aliphatic rings. The van der Waals surface area contributed by atoms with Crippen LogP contribution in [0.2, 0.25) is 0 Å². The van der Waals surface area contributed by atoms with E-state index in [2.05, 4.69) is 4.98 Å². The molecular weight excluding hydrogens is 291 g/mol. The highest BCUT2D eigenvalue weighted by Gasteiger charge is 2.33. The van der Waals surface area contributed by atoms with Crippen molar-refractivity contribution in [3.05, 3.63) is 23.5 Å². The number of carbonyl (C=O) groups is 1. The molecule has 0 saturated carbocycles. The van der Waals surface area contributed by atoms with Gasteiger partial charge < -0.3 is 14.6 Å². The van der Waals surface area contributed by atoms with Gasteiger partial charge in [-0.1, -0.05) is 0 Å². The fourth-order valence-electron chi connectivity index (χ4n) is 1.99. The second-order valence-electron chi connectivity index (χ2n) is 4.74. The number of ether oxygens (including phenoxy) is 2. The Labute approximate surface area is 118 Å². The Hall–Kier alpha value is -1.83. The number of carboxylic acid groups (broad SMARTS) is 1. The quantitative estimate of drug-likeness (QED) is 0.926. The van der Waals surface area contributed by atoms with E-state index in [1.165, 1.54) is 0 Å². The van der Waals surface area contributed by atoms with Crippen LogP contribution < -0.4 is 4.74 Å². The minimum atomic E-state index is -4.60. The molecule has 0 atom stereocenters. The first-order chi connectivity index (χ1) is 9.88. The van der Waals surface area contributed by atoms with E-state index >= 15 is 0 Å². The standard InChI is InChI=1S/C13H14F3NO4/c14-13(15,16)9-5-10(11(12(18)19)17-6-9)21-7-8-1-3-20-4-2-8/h5-6,8H,1-4,7H2,(H,18,19). The summed E-state index contributed by atoms with van der Waals surface area (Å²) in [6.45, 7) is 1.29. The number of hydrogen-bond donors (Lipinski definition) is 1. The zero-order valence-corrected chi connectivity index (χ0v) is 11.0. The van der Waals surface area contributed by atoms with Gasteiger partial charge in [-0.05, 0) is 24.8 Å². The Morgan fingerprint density at radius 1 is 1.43 bits per heavy atom. The number of aromatic carboxylic acids is 1. The van der Waals surface area contributed by atoms with Crippen LogP contribution in [0.5, 0.6) is 5.75 Å². The maximum Gasteiger partial charge on any atom is 0.418 e. The normalized spacial score (nSPS) is 16.7. The van der Waals surface area contributed by atoms with Crippen molar-refractivity contribution < 1.29 is 32.5 Å². The van der Waals surface area contributed by atoms with Crippen molar-refractivity contribution in [2.75, 3.05) is 19.8 Å². The summed E-state index contributed by atoms with van der Waals surface area (Å²) in [5.74, 6) is -1.65. The molecule has 1 aliphatic heterocycles. The van der Waals surface area contributed by atoms with E-state index in [9.17, 15) is 18.0 Å². The van der Waals surface area contributed by atoms with E-state index in [0.717, 1.165) is 12.8 Å². The van der Waals surface area contributed by atoms with E-state index in [-0.39, 0.29) is 18.3 Å². The zero-order chi connectivity index (χ0) is 15.5. The lowest BCUT2D eigenvalue weighted by atomic mass is 10.0. The van der Waals surface area contributed by atoms with Crippen molar-refractivity contribution in [1.82, 2.24) is 4.98 Å². The zero-order valence-electron chi connectivity index (χ0n) is 11.0. The molecule has 0 unspecified atom stereocenters. The Bertz CT molecular complexity index is 513. The average Bonchev–Trinajstić information content (AvgIpc) is 2.45. The highest BCUT2D eigenvalue weighted by atomic mass is 19.4. The number of rotatable bonds is 4. The lowest BCUT2D eigenvalue weighted by Gasteiger charge is -2.22. The molecule has 1 fully saturated rings. The van der Waals surface area contributed by atoms with Gasteiger partial charge in [0.25, 0.3) is 0 Å². The van der Waals surface area contributed by atoms with Gasteiger partial charge in [0.2, 0.25) is 0 Å². The van der Waals surface area contributed by atoms with Gasteiger partial charge in [0.1, 0.15) is 0 Å². The van der Waals surface area contributed by atoms with E-state index in [4.69, 9.17) is 14.6 Å². The van der Waals surface area contributed by atoms with Gasteiger partial charge in [-0.25, -0.2) is 9.78 Å². The Kier molecular flexibility index (Phi) is 4.66. The monoisotopic (exact) mass is 305 g/mol. The second kappa shape index (κ2) is 6.30. The summed E-state index contributed by atoms with van der Waals surface area (Å²) in [6.07, 6.45) is -2.64. The van der Waals surface area contributed by atoms with E-state index < -0.39 is 23.4 Å². The van der Waals surface area contributed by atoms with Gasteiger partial charge in [-0.3, -0.25) is 0 Å². The number of nitrogens with zero attached hydrogens (tertiary/aromatic N) is 1. The second-order valence-corrected chi connectivity index (χ2v) is 4.74. The van der Waals surface area contributed by atoms with Crippen molar-refractivity contribution in [2.24, 2.45) is 5.92 Å². The number of pyridine rings is 1. The van der Waals surface area contributed by atoms with Crippen LogP contribution in [-0.4, -0.2) is 35.9 Å². The van der Waals surface area contributed by atoms with Crippen LogP contribution in [0.4, 0.5) is 13.2 Å². The van der Waals surface area contributed by atoms with Crippen LogP contribution in [0.15, 0.2) is 12.3 Å². The first-order valence-corrected chi connectivity index (χ1v) is 6.39. The number of alkyl halides is 3. The average molecular weight is 305 g/mol. The molecule has 0 aromatic carbocycles. The summed E-state index contributed by atoms with van der Waals surface area (Å²) in [5, 5.41) is 8.95. The lowest BCUT2D eigenvalue weighted by Crippen LogP contribution is -2.22. The molecular formula is C13H14F3NO4. The molecule has 8 heteroatoms. The SMILES string of the molecule is O=C(O)c1ncc(C(F)(F)F)cc1OCC1CCOCC1. The molecule has 0 spiro atoms. The van der Waals surface area contributed by atoms with Gasteiger partial charge in [0, 0.05) is 19.4 Å². The Balaban J connectivity index is 2.16. The molecule has 5 nitrogen and oxygen atoms in total. The molecule has 1 N–H and O–H groups in total. The van der Waals surface area contributed by atoms with Crippen LogP contribution in [0.1, 0.15) is 28.9 Å². The fraction of sp³-hybridized carbons (Fsp3) is 0.538. The molecule has 116 valence electrons. The van der Waals surface area contributed by atoms with Gasteiger partial charge in [0.05, 0.1) is 12.2 Å². The molecule has 1 aromatic heterocycles. The number of hydrogen-bond acceptors (Lipinski definition) is 4. The van der Waals surface area contributed by atoms with Gasteiger partial charge in [-0.15, -0.1) is 0 Å². The largest absolute Gasteiger partial charge is 0.491 e. The van der Waals surface area contributed by atoms with Crippen LogP contribution >= 0.6 is 0 Å². The van der Waals surface area contributed by atoms with Gasteiger partial charge in [-0.2, -0.15) is 13.2 Å². The van der Waals surface area contributed by atoms with Crippen LogP contribution in [0, 0.1) is 5.92 Å². The summed E-state index contributed by atoms with van der Waals surface area (Å²) < 4.78 is 48.3. The van der Waals surface area contributed by atoms with E-state index in [1.54, 1.807) is 0 Å². The Morgan fingerprint density at radius 2 is 2.10 bits per heavy atom. The third-order valence-electron chi connectivity index (χ3n) is 3.20. The van der Waals surface area contributed by atoms with Crippen LogP contribution in [0.3, 0.4) is 0 Å². The maximum absolute atomic E-state index is 12.6. The van der Waals surface area contributed by atoms with Crippen molar-refractivity contribution in [3.8, 4) is 5.75 Å². The highest BCUT2D eigenvalue weighted by Crippen LogP contribution is 2.32. The number of carboxylic acids is 1. The fourth-order valence-corrected chi connectivity index (χ4v) is 1.99. The number of halogens is 3. The van der Waals surface area contributed by atoms with E-state index in [0.29, 0.717) is 25.5 Å². The minimum Gasteiger partial charge on any atom is -0.491 e. The first-order valence-electron chi connectivity index (χ1n) is 6.39. The van der Waals surface area contributed by atoms with Crippen molar-refractivity contribution in [3.63, 3.8) is 0 Å². The maximum atomic E-state index is 12.6. The van der Waals surface area contributed by atoms with E-state index in [1.807, 2.05) is 0 Å². The summed E-state index contributed by atoms with van der Waals surface area (Å²) in [5.41, 5.74) is -1.55. The topological polar surface area (TPSA) is 68.7 Å². The molecule has 21 heavy (non-hydrogen) atoms. The van der Waals surface area contributed by atoms with Gasteiger partial charge in [0.15, 0.2) is 11.4 Å². The van der Waals surface area contributed by atoms with Crippen molar-refractivity contribution in [1.29, 1.82) is 0 Å². The summed E-state index contributed by atoms with van der Waals surface area (Å²) in [6, 6.07) is 0.676. The van der Waals surface area contributed by atoms with Crippen molar-refractivity contribution in [2.45, 2.75) is 19.0 Å². The lowest BCUT2D eigenvalue weighted by molar-refractivity contribution is -0.138. The predicted molar refractivity (Wildman–Crippen MR) is 65.2 cm³/mol. The van der Waals surface area contributed by atoms with Crippen molar-refractivity contribution >= 4 is 5.97 Å². The molecule has 0 bridgehead atoms. The molecule has 2 heterocycles. The molecule has 0 amide bonds. The molecule has 1 aromatic rings. The van der Waals surface area contributed by atoms with Gasteiger partial charge >= 0.3 is 12.1 Å².